The highest BCUT2D eigenvalue weighted by atomic mass is 35.5. The van der Waals surface area contributed by atoms with E-state index in [2.05, 4.69) is 4.99 Å². The van der Waals surface area contributed by atoms with Crippen molar-refractivity contribution in [3.63, 3.8) is 0 Å². The van der Waals surface area contributed by atoms with E-state index in [1.807, 2.05) is 23.6 Å². The van der Waals surface area contributed by atoms with E-state index in [1.165, 1.54) is 18.0 Å². The van der Waals surface area contributed by atoms with Crippen LogP contribution in [0.3, 0.4) is 0 Å². The van der Waals surface area contributed by atoms with E-state index in [9.17, 15) is 4.79 Å². The lowest BCUT2D eigenvalue weighted by Gasteiger charge is -2.04. The summed E-state index contributed by atoms with van der Waals surface area (Å²) in [5, 5.41) is 2.83. The van der Waals surface area contributed by atoms with Crippen LogP contribution in [-0.4, -0.2) is 11.0 Å². The molecule has 0 aliphatic carbocycles. The van der Waals surface area contributed by atoms with Gasteiger partial charge in [0.2, 0.25) is 5.91 Å². The smallest absolute Gasteiger partial charge is 0.250 e. The molecular weight excluding hydrogens is 232 g/mol. The maximum atomic E-state index is 10.9. The number of fused-ring (bicyclic) bond motifs is 1. The number of allylic oxidation sites excluding steroid dienone is 3. The molecule has 0 bridgehead atoms. The molecule has 0 saturated carbocycles. The zero-order valence-corrected chi connectivity index (χ0v) is 9.35. The Balaban J connectivity index is 0.00000112. The van der Waals surface area contributed by atoms with Gasteiger partial charge < -0.3 is 5.73 Å². The topological polar surface area (TPSA) is 55.5 Å². The van der Waals surface area contributed by atoms with Crippen molar-refractivity contribution in [1.29, 1.82) is 0 Å². The monoisotopic (exact) mass is 240 g/mol. The number of primary amides is 1. The van der Waals surface area contributed by atoms with Gasteiger partial charge >= 0.3 is 0 Å². The number of hydrogen-bond acceptors (Lipinski definition) is 3. The summed E-state index contributed by atoms with van der Waals surface area (Å²) in [6.45, 7) is 0. The van der Waals surface area contributed by atoms with Crippen LogP contribution in [0.2, 0.25) is 0 Å². The highest BCUT2D eigenvalue weighted by molar-refractivity contribution is 8.17. The second-order valence-electron chi connectivity index (χ2n) is 2.78. The lowest BCUT2D eigenvalue weighted by atomic mass is 10.2. The molecule has 0 atom stereocenters. The van der Waals surface area contributed by atoms with Crippen LogP contribution in [0, 0.1) is 0 Å². The molecule has 2 heterocycles. The maximum absolute atomic E-state index is 10.9. The van der Waals surface area contributed by atoms with E-state index in [0.717, 1.165) is 10.6 Å². The third-order valence-electron chi connectivity index (χ3n) is 1.83. The fourth-order valence-electron chi connectivity index (χ4n) is 1.11. The molecule has 0 aromatic heterocycles. The molecule has 3 nitrogen and oxygen atoms in total. The number of halogens is 1. The van der Waals surface area contributed by atoms with Gasteiger partial charge in [-0.3, -0.25) is 4.79 Å². The second-order valence-corrected chi connectivity index (χ2v) is 3.68. The first-order chi connectivity index (χ1) is 6.77. The standard InChI is InChI=1S/C10H8N2OS.ClH/c11-9(13)8-4-3-7-2-1-5-14-10(7)12-6-8;/h1-6H,(H2,11,13);1H. The van der Waals surface area contributed by atoms with E-state index in [4.69, 9.17) is 5.73 Å². The van der Waals surface area contributed by atoms with Crippen molar-refractivity contribution in [2.75, 3.05) is 0 Å². The summed E-state index contributed by atoms with van der Waals surface area (Å²) in [6.07, 6.45) is 8.92. The van der Waals surface area contributed by atoms with E-state index >= 15 is 0 Å². The van der Waals surface area contributed by atoms with Crippen LogP contribution in [0.5, 0.6) is 0 Å². The first-order valence-electron chi connectivity index (χ1n) is 4.07. The molecule has 0 aromatic rings. The van der Waals surface area contributed by atoms with Crippen LogP contribution in [0.1, 0.15) is 0 Å². The normalized spacial score (nSPS) is 17.7. The highest BCUT2D eigenvalue weighted by Crippen LogP contribution is 2.23. The molecule has 0 unspecified atom stereocenters. The predicted octanol–water partition coefficient (Wildman–Crippen LogP) is 1.93. The molecule has 5 heteroatoms. The molecule has 1 amide bonds. The zero-order valence-electron chi connectivity index (χ0n) is 7.71. The van der Waals surface area contributed by atoms with Gasteiger partial charge in [-0.1, -0.05) is 30.0 Å². The molecule has 78 valence electrons. The molecule has 0 saturated heterocycles. The van der Waals surface area contributed by atoms with Crippen LogP contribution in [0.15, 0.2) is 52.1 Å². The van der Waals surface area contributed by atoms with Gasteiger partial charge in [0.05, 0.1) is 5.57 Å². The quantitative estimate of drug-likeness (QED) is 0.762. The Bertz CT molecular complexity index is 433. The van der Waals surface area contributed by atoms with Crippen molar-refractivity contribution in [2.24, 2.45) is 10.7 Å². The Kier molecular flexibility index (Phi) is 3.94. The molecule has 0 spiro atoms. The molecule has 2 aliphatic rings. The minimum Gasteiger partial charge on any atom is -0.366 e. The number of thioether (sulfide) groups is 1. The molecule has 0 fully saturated rings. The van der Waals surface area contributed by atoms with E-state index in [-0.39, 0.29) is 12.4 Å². The number of nitrogens with zero attached hydrogens (tertiary/aromatic N) is 1. The van der Waals surface area contributed by atoms with Crippen molar-refractivity contribution in [3.8, 4) is 0 Å². The number of carbonyl (C=O) groups excluding carboxylic acids is 1. The average Bonchev–Trinajstić information content (AvgIpc) is 2.39. The first-order valence-corrected chi connectivity index (χ1v) is 4.95. The van der Waals surface area contributed by atoms with Crippen molar-refractivity contribution in [1.82, 2.24) is 0 Å². The molecule has 0 aromatic carbocycles. The summed E-state index contributed by atoms with van der Waals surface area (Å²) in [5.74, 6) is -0.456. The number of hydrogen-bond donors (Lipinski definition) is 1. The molecule has 2 N–H and O–H groups in total. The number of amides is 1. The summed E-state index contributed by atoms with van der Waals surface area (Å²) < 4.78 is 0. The van der Waals surface area contributed by atoms with E-state index in [1.54, 1.807) is 6.08 Å². The van der Waals surface area contributed by atoms with Crippen molar-refractivity contribution in [3.05, 3.63) is 47.1 Å². The SMILES string of the molecule is Cl.NC(=O)C1=CN=C2SC=CC=C2C=C1. The lowest BCUT2D eigenvalue weighted by molar-refractivity contribution is -0.114. The van der Waals surface area contributed by atoms with Crippen molar-refractivity contribution >= 4 is 35.1 Å². The van der Waals surface area contributed by atoms with Crippen LogP contribution in [0.4, 0.5) is 0 Å². The van der Waals surface area contributed by atoms with Crippen LogP contribution >= 0.6 is 24.2 Å². The van der Waals surface area contributed by atoms with E-state index < -0.39 is 5.91 Å². The van der Waals surface area contributed by atoms with Gasteiger partial charge in [0, 0.05) is 11.8 Å². The molecular formula is C10H9ClN2OS. The van der Waals surface area contributed by atoms with Gasteiger partial charge in [-0.25, -0.2) is 4.99 Å². The largest absolute Gasteiger partial charge is 0.366 e. The molecule has 2 aliphatic heterocycles. The molecule has 2 rings (SSSR count). The molecule has 15 heavy (non-hydrogen) atoms. The number of rotatable bonds is 1. The van der Waals surface area contributed by atoms with Crippen LogP contribution < -0.4 is 5.73 Å². The predicted molar refractivity (Wildman–Crippen MR) is 65.9 cm³/mol. The minimum absolute atomic E-state index is 0. The number of aliphatic imine (C=N–C) groups is 1. The van der Waals surface area contributed by atoms with Crippen molar-refractivity contribution in [2.45, 2.75) is 0 Å². The Labute approximate surface area is 97.9 Å². The fraction of sp³-hybridized carbons (Fsp3) is 0. The summed E-state index contributed by atoms with van der Waals surface area (Å²) >= 11 is 1.53. The Morgan fingerprint density at radius 2 is 2.20 bits per heavy atom. The Hall–Kier alpha value is -1.26. The molecule has 0 radical (unpaired) electrons. The second kappa shape index (κ2) is 5.00. The van der Waals surface area contributed by atoms with Crippen LogP contribution in [0.25, 0.3) is 0 Å². The minimum atomic E-state index is -0.456. The lowest BCUT2D eigenvalue weighted by Crippen LogP contribution is -2.11. The maximum Gasteiger partial charge on any atom is 0.250 e. The summed E-state index contributed by atoms with van der Waals surface area (Å²) in [5.41, 5.74) is 6.59. The van der Waals surface area contributed by atoms with Gasteiger partial charge in [0.1, 0.15) is 5.04 Å². The third kappa shape index (κ3) is 2.61. The van der Waals surface area contributed by atoms with Crippen molar-refractivity contribution < 1.29 is 4.79 Å². The fourth-order valence-corrected chi connectivity index (χ4v) is 1.79. The average molecular weight is 241 g/mol. The highest BCUT2D eigenvalue weighted by Gasteiger charge is 2.10. The van der Waals surface area contributed by atoms with Gasteiger partial charge in [-0.2, -0.15) is 0 Å². The third-order valence-corrected chi connectivity index (χ3v) is 2.69. The van der Waals surface area contributed by atoms with Gasteiger partial charge in [-0.15, -0.1) is 12.4 Å². The Morgan fingerprint density at radius 3 is 2.93 bits per heavy atom. The van der Waals surface area contributed by atoms with E-state index in [0.29, 0.717) is 5.57 Å². The zero-order chi connectivity index (χ0) is 9.97. The number of nitrogens with two attached hydrogens (primary N) is 1. The summed E-state index contributed by atoms with van der Waals surface area (Å²) in [4.78, 5) is 15.1. The van der Waals surface area contributed by atoms with Crippen LogP contribution in [-0.2, 0) is 4.79 Å². The first kappa shape index (κ1) is 11.8. The van der Waals surface area contributed by atoms with Gasteiger partial charge in [0.15, 0.2) is 0 Å². The Morgan fingerprint density at radius 1 is 1.40 bits per heavy atom. The summed E-state index contributed by atoms with van der Waals surface area (Å²) in [6, 6.07) is 0. The van der Waals surface area contributed by atoms with Gasteiger partial charge in [-0.05, 0) is 11.5 Å². The number of carbonyl (C=O) groups is 1. The summed E-state index contributed by atoms with van der Waals surface area (Å²) in [7, 11) is 0. The van der Waals surface area contributed by atoms with Gasteiger partial charge in [0.25, 0.3) is 0 Å².